The first-order valence-corrected chi connectivity index (χ1v) is 12.6. The monoisotopic (exact) mass is 535 g/mol. The number of benzene rings is 2. The van der Waals surface area contributed by atoms with Crippen molar-refractivity contribution < 1.29 is 14.2 Å². The van der Waals surface area contributed by atoms with Crippen LogP contribution in [0.4, 0.5) is 4.39 Å². The summed E-state index contributed by atoms with van der Waals surface area (Å²) in [5.41, 5.74) is 3.72. The molecule has 0 bridgehead atoms. The van der Waals surface area contributed by atoms with Gasteiger partial charge in [-0.1, -0.05) is 11.6 Å². The van der Waals surface area contributed by atoms with E-state index in [0.29, 0.717) is 34.0 Å². The van der Waals surface area contributed by atoms with E-state index in [1.54, 1.807) is 49.1 Å². The second kappa shape index (κ2) is 11.8. The number of pyridine rings is 1. The number of fused-ring (bicyclic) bond motifs is 3. The van der Waals surface area contributed by atoms with Gasteiger partial charge in [0.25, 0.3) is 0 Å². The minimum atomic E-state index is -0.419. The summed E-state index contributed by atoms with van der Waals surface area (Å²) < 4.78 is 20.5. The van der Waals surface area contributed by atoms with E-state index < -0.39 is 5.82 Å². The van der Waals surface area contributed by atoms with E-state index in [-0.39, 0.29) is 6.01 Å². The molecule has 0 aliphatic carbocycles. The SMILES string of the molecule is Cc1ccnc(Oc2ccc(-c3cc4c(cc3F)ncc3[nH]cnc34)c(Cl)c2)n1.OCCN1CCNCC1. The molecule has 1 aliphatic heterocycles. The number of hydrogen-bond acceptors (Lipinski definition) is 8. The first-order valence-electron chi connectivity index (χ1n) is 12.2. The predicted octanol–water partition coefficient (Wildman–Crippen LogP) is 4.35. The van der Waals surface area contributed by atoms with Gasteiger partial charge in [0.15, 0.2) is 0 Å². The number of ether oxygens (including phenoxy) is 1. The van der Waals surface area contributed by atoms with Gasteiger partial charge in [0.1, 0.15) is 11.6 Å². The lowest BCUT2D eigenvalue weighted by atomic mass is 10.0. The van der Waals surface area contributed by atoms with Gasteiger partial charge in [0.2, 0.25) is 0 Å². The summed E-state index contributed by atoms with van der Waals surface area (Å²) in [6.45, 7) is 7.28. The quantitative estimate of drug-likeness (QED) is 0.304. The standard InChI is InChI=1S/C21H13ClFN5O.C6H14N2O/c1-11-4-5-24-21(28-11)29-12-2-3-13(16(22)6-12)14-7-15-18(8-17(14)23)25-9-19-20(15)27-10-26-19;9-6-5-8-3-1-7-2-4-8/h2-10H,1H3,(H,26,27);7,9H,1-6H2. The molecule has 1 fully saturated rings. The first-order chi connectivity index (χ1) is 18.5. The number of aromatic amines is 1. The van der Waals surface area contributed by atoms with Crippen LogP contribution in [0.25, 0.3) is 33.1 Å². The molecule has 1 saturated heterocycles. The van der Waals surface area contributed by atoms with Crippen LogP contribution in [0, 0.1) is 12.7 Å². The van der Waals surface area contributed by atoms with Gasteiger partial charge in [-0.3, -0.25) is 9.88 Å². The van der Waals surface area contributed by atoms with Crippen LogP contribution in [0.3, 0.4) is 0 Å². The number of nitrogens with one attached hydrogen (secondary N) is 2. The number of β-amino-alcohol motifs (C(OH)–C–C–N with tert-alkyl or cyclic N) is 1. The number of hydrogen-bond donors (Lipinski definition) is 3. The first kappa shape index (κ1) is 25.9. The van der Waals surface area contributed by atoms with Crippen LogP contribution in [0.15, 0.2) is 55.1 Å². The molecule has 196 valence electrons. The molecule has 0 radical (unpaired) electrons. The normalized spacial score (nSPS) is 13.9. The summed E-state index contributed by atoms with van der Waals surface area (Å²) in [5.74, 6) is 0.0411. The Morgan fingerprint density at radius 1 is 1.08 bits per heavy atom. The summed E-state index contributed by atoms with van der Waals surface area (Å²) in [7, 11) is 0. The second-order valence-electron chi connectivity index (χ2n) is 8.81. The highest BCUT2D eigenvalue weighted by molar-refractivity contribution is 6.33. The summed E-state index contributed by atoms with van der Waals surface area (Å²) in [5, 5.41) is 12.9. The van der Waals surface area contributed by atoms with E-state index in [0.717, 1.165) is 54.8 Å². The number of rotatable bonds is 5. The average Bonchev–Trinajstić information content (AvgIpc) is 3.40. The third-order valence-electron chi connectivity index (χ3n) is 6.18. The van der Waals surface area contributed by atoms with Gasteiger partial charge < -0.3 is 20.1 Å². The van der Waals surface area contributed by atoms with Gasteiger partial charge in [-0.2, -0.15) is 0 Å². The van der Waals surface area contributed by atoms with Crippen molar-refractivity contribution >= 4 is 33.5 Å². The Labute approximate surface area is 223 Å². The molecule has 3 N–H and O–H groups in total. The van der Waals surface area contributed by atoms with Crippen LogP contribution < -0.4 is 10.1 Å². The van der Waals surface area contributed by atoms with Crippen LogP contribution in [-0.4, -0.2) is 74.3 Å². The van der Waals surface area contributed by atoms with E-state index in [9.17, 15) is 4.39 Å². The Morgan fingerprint density at radius 2 is 1.92 bits per heavy atom. The summed E-state index contributed by atoms with van der Waals surface area (Å²) >= 11 is 6.46. The number of aryl methyl sites for hydroxylation is 1. The van der Waals surface area contributed by atoms with Crippen molar-refractivity contribution in [2.24, 2.45) is 0 Å². The molecule has 0 unspecified atom stereocenters. The molecule has 4 heterocycles. The van der Waals surface area contributed by atoms with E-state index >= 15 is 0 Å². The number of aromatic nitrogens is 5. The zero-order valence-electron chi connectivity index (χ0n) is 20.8. The second-order valence-corrected chi connectivity index (χ2v) is 9.22. The lowest BCUT2D eigenvalue weighted by Gasteiger charge is -2.25. The number of halogens is 2. The number of H-pyrrole nitrogens is 1. The molecule has 38 heavy (non-hydrogen) atoms. The van der Waals surface area contributed by atoms with Crippen LogP contribution >= 0.6 is 11.6 Å². The van der Waals surface area contributed by atoms with Crippen LogP contribution in [0.1, 0.15) is 5.69 Å². The number of piperazine rings is 1. The van der Waals surface area contributed by atoms with Crippen molar-refractivity contribution in [3.8, 4) is 22.9 Å². The van der Waals surface area contributed by atoms with E-state index in [1.807, 2.05) is 6.92 Å². The fourth-order valence-corrected chi connectivity index (χ4v) is 4.52. The van der Waals surface area contributed by atoms with E-state index in [2.05, 4.69) is 35.1 Å². The third-order valence-corrected chi connectivity index (χ3v) is 6.49. The van der Waals surface area contributed by atoms with Gasteiger partial charge in [-0.15, -0.1) is 0 Å². The molecule has 1 aliphatic rings. The molecule has 5 aromatic rings. The highest BCUT2D eigenvalue weighted by Gasteiger charge is 2.15. The number of aliphatic hydroxyl groups excluding tert-OH is 1. The Hall–Kier alpha value is -3.70. The molecule has 6 rings (SSSR count). The van der Waals surface area contributed by atoms with Crippen LogP contribution in [0.5, 0.6) is 11.8 Å². The fraction of sp³-hybridized carbons (Fsp3) is 0.259. The molecule has 2 aromatic carbocycles. The van der Waals surface area contributed by atoms with Gasteiger partial charge in [0, 0.05) is 73.3 Å². The van der Waals surface area contributed by atoms with Crippen molar-refractivity contribution in [1.29, 1.82) is 0 Å². The van der Waals surface area contributed by atoms with Crippen LogP contribution in [-0.2, 0) is 0 Å². The molecule has 0 atom stereocenters. The molecule has 0 amide bonds. The number of imidazole rings is 1. The zero-order chi connectivity index (χ0) is 26.5. The highest BCUT2D eigenvalue weighted by atomic mass is 35.5. The molecule has 0 spiro atoms. The maximum atomic E-state index is 14.8. The van der Waals surface area contributed by atoms with Crippen molar-refractivity contribution in [2.45, 2.75) is 6.92 Å². The Kier molecular flexibility index (Phi) is 8.04. The average molecular weight is 536 g/mol. The van der Waals surface area contributed by atoms with E-state index in [1.165, 1.54) is 6.07 Å². The summed E-state index contributed by atoms with van der Waals surface area (Å²) in [6, 6.07) is 10.1. The molecular weight excluding hydrogens is 509 g/mol. The number of nitrogens with zero attached hydrogens (tertiary/aromatic N) is 5. The molecular formula is C27H27ClFN7O2. The Morgan fingerprint density at radius 3 is 2.68 bits per heavy atom. The van der Waals surface area contributed by atoms with Crippen LogP contribution in [0.2, 0.25) is 5.02 Å². The molecule has 0 saturated carbocycles. The molecule has 9 nitrogen and oxygen atoms in total. The van der Waals surface area contributed by atoms with Crippen molar-refractivity contribution in [3.05, 3.63) is 71.7 Å². The largest absolute Gasteiger partial charge is 0.424 e. The minimum absolute atomic E-state index is 0.220. The topological polar surface area (TPSA) is 112 Å². The highest BCUT2D eigenvalue weighted by Crippen LogP contribution is 2.36. The van der Waals surface area contributed by atoms with Crippen molar-refractivity contribution in [3.63, 3.8) is 0 Å². The van der Waals surface area contributed by atoms with Crippen molar-refractivity contribution in [1.82, 2.24) is 35.1 Å². The smallest absolute Gasteiger partial charge is 0.322 e. The number of aliphatic hydroxyl groups is 1. The van der Waals surface area contributed by atoms with Gasteiger partial charge in [-0.25, -0.2) is 19.3 Å². The Balaban J connectivity index is 0.000000278. The van der Waals surface area contributed by atoms with Gasteiger partial charge in [-0.05, 0) is 31.2 Å². The van der Waals surface area contributed by atoms with Gasteiger partial charge >= 0.3 is 6.01 Å². The fourth-order valence-electron chi connectivity index (χ4n) is 4.25. The predicted molar refractivity (Wildman–Crippen MR) is 145 cm³/mol. The lowest BCUT2D eigenvalue weighted by molar-refractivity contribution is 0.180. The van der Waals surface area contributed by atoms with E-state index in [4.69, 9.17) is 21.4 Å². The lowest BCUT2D eigenvalue weighted by Crippen LogP contribution is -2.44. The Bertz CT molecular complexity index is 1550. The van der Waals surface area contributed by atoms with Crippen molar-refractivity contribution in [2.75, 3.05) is 39.3 Å². The summed E-state index contributed by atoms with van der Waals surface area (Å²) in [4.78, 5) is 22.1. The maximum absolute atomic E-state index is 14.8. The van der Waals surface area contributed by atoms with Gasteiger partial charge in [0.05, 0.1) is 40.7 Å². The summed E-state index contributed by atoms with van der Waals surface area (Å²) in [6.07, 6.45) is 4.83. The molecule has 3 aromatic heterocycles. The molecule has 11 heteroatoms. The maximum Gasteiger partial charge on any atom is 0.322 e. The minimum Gasteiger partial charge on any atom is -0.424 e. The third kappa shape index (κ3) is 5.89. The zero-order valence-corrected chi connectivity index (χ0v) is 21.5.